The van der Waals surface area contributed by atoms with E-state index in [9.17, 15) is 18.3 Å². The maximum absolute atomic E-state index is 11.3. The molecule has 0 amide bonds. The number of nitrogens with zero attached hydrogens (tertiary/aromatic N) is 2. The summed E-state index contributed by atoms with van der Waals surface area (Å²) < 4.78 is 22.5. The number of carboxylic acids is 1. The van der Waals surface area contributed by atoms with E-state index in [0.717, 1.165) is 0 Å². The number of fused-ring (bicyclic) bond motifs is 1. The Morgan fingerprint density at radius 3 is 2.46 bits per heavy atom. The first-order valence-electron chi connectivity index (χ1n) is 6.73. The van der Waals surface area contributed by atoms with Crippen LogP contribution < -0.4 is 10.5 Å². The number of carboxylic acid groups (broad SMARTS) is 1. The molecule has 0 fully saturated rings. The van der Waals surface area contributed by atoms with Crippen molar-refractivity contribution in [3.63, 3.8) is 0 Å². The lowest BCUT2D eigenvalue weighted by Crippen LogP contribution is -2.11. The minimum Gasteiger partial charge on any atom is -0.478 e. The van der Waals surface area contributed by atoms with Crippen LogP contribution in [0.3, 0.4) is 0 Å². The predicted octanol–water partition coefficient (Wildman–Crippen LogP) is 1.72. The van der Waals surface area contributed by atoms with Crippen LogP contribution in [0, 0.1) is 0 Å². The average Bonchev–Trinajstić information content (AvgIpc) is 2.53. The van der Waals surface area contributed by atoms with E-state index in [2.05, 4.69) is 15.3 Å². The number of nitrogens with one attached hydrogen (secondary N) is 1. The number of aromatic carboxylic acids is 1. The predicted molar refractivity (Wildman–Crippen MR) is 87.6 cm³/mol. The molecule has 1 heterocycles. The fourth-order valence-corrected chi connectivity index (χ4v) is 2.66. The highest BCUT2D eigenvalue weighted by molar-refractivity contribution is 7.89. The molecule has 0 bridgehead atoms. The van der Waals surface area contributed by atoms with Crippen LogP contribution in [0.25, 0.3) is 10.9 Å². The molecule has 24 heavy (non-hydrogen) atoms. The summed E-state index contributed by atoms with van der Waals surface area (Å²) >= 11 is 0. The Bertz CT molecular complexity index is 1030. The molecular formula is C15H12N4O4S. The molecular weight excluding hydrogens is 332 g/mol. The molecule has 122 valence electrons. The van der Waals surface area contributed by atoms with Crippen molar-refractivity contribution in [2.45, 2.75) is 4.90 Å². The van der Waals surface area contributed by atoms with Crippen LogP contribution in [0.2, 0.25) is 0 Å². The summed E-state index contributed by atoms with van der Waals surface area (Å²) in [5.74, 6) is -0.887. The van der Waals surface area contributed by atoms with Crippen LogP contribution >= 0.6 is 0 Å². The lowest BCUT2D eigenvalue weighted by atomic mass is 10.1. The highest BCUT2D eigenvalue weighted by Gasteiger charge is 2.11. The van der Waals surface area contributed by atoms with E-state index in [1.54, 1.807) is 12.1 Å². The molecule has 0 radical (unpaired) electrons. The van der Waals surface area contributed by atoms with Gasteiger partial charge in [-0.2, -0.15) is 0 Å². The van der Waals surface area contributed by atoms with Crippen molar-refractivity contribution in [2.75, 3.05) is 5.32 Å². The molecule has 0 spiro atoms. The lowest BCUT2D eigenvalue weighted by Gasteiger charge is -2.07. The van der Waals surface area contributed by atoms with Crippen molar-refractivity contribution in [1.29, 1.82) is 0 Å². The first-order valence-corrected chi connectivity index (χ1v) is 8.28. The zero-order valence-corrected chi connectivity index (χ0v) is 13.0. The minimum atomic E-state index is -3.76. The van der Waals surface area contributed by atoms with Gasteiger partial charge in [-0.1, -0.05) is 12.1 Å². The molecule has 1 aromatic heterocycles. The van der Waals surface area contributed by atoms with Crippen molar-refractivity contribution in [3.05, 3.63) is 54.2 Å². The summed E-state index contributed by atoms with van der Waals surface area (Å²) in [5.41, 5.74) is 0.917. The van der Waals surface area contributed by atoms with Crippen LogP contribution in [-0.4, -0.2) is 29.5 Å². The number of carbonyl (C=O) groups is 1. The fourth-order valence-electron chi connectivity index (χ4n) is 2.15. The Hall–Kier alpha value is -3.04. The summed E-state index contributed by atoms with van der Waals surface area (Å²) in [6, 6.07) is 10.5. The number of aromatic nitrogens is 2. The number of anilines is 2. The van der Waals surface area contributed by atoms with Gasteiger partial charge in [0.1, 0.15) is 0 Å². The Kier molecular flexibility index (Phi) is 3.87. The van der Waals surface area contributed by atoms with Crippen molar-refractivity contribution < 1.29 is 18.3 Å². The Balaban J connectivity index is 1.96. The van der Waals surface area contributed by atoms with Gasteiger partial charge in [0.05, 0.1) is 16.0 Å². The van der Waals surface area contributed by atoms with E-state index in [0.29, 0.717) is 16.6 Å². The van der Waals surface area contributed by atoms with Gasteiger partial charge in [-0.15, -0.1) is 0 Å². The van der Waals surface area contributed by atoms with Crippen LogP contribution in [0.5, 0.6) is 0 Å². The number of sulfonamides is 1. The highest BCUT2D eigenvalue weighted by Crippen LogP contribution is 2.20. The topological polar surface area (TPSA) is 135 Å². The molecule has 2 aromatic carbocycles. The second-order valence-corrected chi connectivity index (χ2v) is 6.50. The Morgan fingerprint density at radius 1 is 1.12 bits per heavy atom. The van der Waals surface area contributed by atoms with Gasteiger partial charge in [0.2, 0.25) is 16.0 Å². The van der Waals surface area contributed by atoms with Crippen LogP contribution in [0.4, 0.5) is 11.6 Å². The maximum atomic E-state index is 11.3. The van der Waals surface area contributed by atoms with Crippen molar-refractivity contribution in [1.82, 2.24) is 9.97 Å². The fraction of sp³-hybridized carbons (Fsp3) is 0. The van der Waals surface area contributed by atoms with E-state index in [1.165, 1.54) is 36.5 Å². The molecule has 3 aromatic rings. The molecule has 0 atom stereocenters. The van der Waals surface area contributed by atoms with E-state index >= 15 is 0 Å². The summed E-state index contributed by atoms with van der Waals surface area (Å²) in [7, 11) is -3.76. The number of rotatable bonds is 4. The van der Waals surface area contributed by atoms with Crippen molar-refractivity contribution in [3.8, 4) is 0 Å². The summed E-state index contributed by atoms with van der Waals surface area (Å²) in [4.78, 5) is 19.6. The van der Waals surface area contributed by atoms with Gasteiger partial charge in [-0.05, 0) is 30.3 Å². The molecule has 0 aliphatic rings. The largest absolute Gasteiger partial charge is 0.478 e. The molecule has 0 saturated heterocycles. The first kappa shape index (κ1) is 15.8. The van der Waals surface area contributed by atoms with Gasteiger partial charge in [-0.25, -0.2) is 28.3 Å². The van der Waals surface area contributed by atoms with E-state index in [1.807, 2.05) is 0 Å². The minimum absolute atomic E-state index is 0.0133. The number of nitrogens with two attached hydrogens (primary N) is 1. The van der Waals surface area contributed by atoms with Crippen molar-refractivity contribution >= 4 is 38.5 Å². The van der Waals surface area contributed by atoms with Gasteiger partial charge < -0.3 is 10.4 Å². The smallest absolute Gasteiger partial charge is 0.337 e. The monoisotopic (exact) mass is 344 g/mol. The standard InChI is InChI=1S/C15H12N4O4S/c16-24(22,23)11-6-4-10(5-7-11)18-15-17-8-9-2-1-3-12(14(20)21)13(9)19-15/h1-8H,(H,20,21)(H2,16,22,23)(H,17,18,19). The Morgan fingerprint density at radius 2 is 1.83 bits per heavy atom. The van der Waals surface area contributed by atoms with E-state index in [4.69, 9.17) is 5.14 Å². The summed E-state index contributed by atoms with van der Waals surface area (Å²) in [6.07, 6.45) is 1.51. The van der Waals surface area contributed by atoms with E-state index < -0.39 is 16.0 Å². The zero-order chi connectivity index (χ0) is 17.3. The molecule has 0 saturated carbocycles. The number of para-hydroxylation sites is 1. The summed E-state index contributed by atoms with van der Waals surface area (Å²) in [6.45, 7) is 0. The second kappa shape index (κ2) is 5.87. The average molecular weight is 344 g/mol. The molecule has 4 N–H and O–H groups in total. The molecule has 0 aliphatic carbocycles. The molecule has 0 unspecified atom stereocenters. The number of primary sulfonamides is 1. The van der Waals surface area contributed by atoms with Crippen LogP contribution in [0.15, 0.2) is 53.6 Å². The number of hydrogen-bond acceptors (Lipinski definition) is 6. The van der Waals surface area contributed by atoms with E-state index in [-0.39, 0.29) is 16.4 Å². The maximum Gasteiger partial charge on any atom is 0.337 e. The van der Waals surface area contributed by atoms with Gasteiger partial charge in [0.15, 0.2) is 0 Å². The molecule has 3 rings (SSSR count). The molecule has 8 nitrogen and oxygen atoms in total. The second-order valence-electron chi connectivity index (χ2n) is 4.94. The third-order valence-electron chi connectivity index (χ3n) is 3.28. The lowest BCUT2D eigenvalue weighted by molar-refractivity contribution is 0.0699. The van der Waals surface area contributed by atoms with Crippen LogP contribution in [-0.2, 0) is 10.0 Å². The van der Waals surface area contributed by atoms with Gasteiger partial charge in [0, 0.05) is 17.3 Å². The van der Waals surface area contributed by atoms with Crippen LogP contribution in [0.1, 0.15) is 10.4 Å². The van der Waals surface area contributed by atoms with Crippen molar-refractivity contribution in [2.24, 2.45) is 5.14 Å². The summed E-state index contributed by atoms with van der Waals surface area (Å²) in [5, 5.41) is 17.8. The third kappa shape index (κ3) is 3.16. The number of hydrogen-bond donors (Lipinski definition) is 3. The number of benzene rings is 2. The van der Waals surface area contributed by atoms with Gasteiger partial charge >= 0.3 is 5.97 Å². The normalized spacial score (nSPS) is 11.4. The zero-order valence-electron chi connectivity index (χ0n) is 12.2. The molecule has 0 aliphatic heterocycles. The third-order valence-corrected chi connectivity index (χ3v) is 4.21. The Labute approximate surface area is 137 Å². The SMILES string of the molecule is NS(=O)(=O)c1ccc(Nc2ncc3cccc(C(=O)O)c3n2)cc1. The highest BCUT2D eigenvalue weighted by atomic mass is 32.2. The quantitative estimate of drug-likeness (QED) is 0.655. The molecule has 9 heteroatoms. The van der Waals surface area contributed by atoms with Gasteiger partial charge in [-0.3, -0.25) is 0 Å². The van der Waals surface area contributed by atoms with Gasteiger partial charge in [0.25, 0.3) is 0 Å². The first-order chi connectivity index (χ1) is 11.3.